The average molecular weight is 361 g/mol. The number of nitro benzene ring substituents is 1. The van der Waals surface area contributed by atoms with Gasteiger partial charge >= 0.3 is 5.69 Å². The lowest BCUT2D eigenvalue weighted by Gasteiger charge is -2.09. The van der Waals surface area contributed by atoms with E-state index in [-0.39, 0.29) is 10.8 Å². The van der Waals surface area contributed by atoms with Crippen LogP contribution in [0.5, 0.6) is 11.5 Å². The molecule has 2 rings (SSSR count). The van der Waals surface area contributed by atoms with Crippen LogP contribution in [-0.4, -0.2) is 4.92 Å². The molecular weight excluding hydrogens is 353 g/mol. The van der Waals surface area contributed by atoms with Gasteiger partial charge in [0.05, 0.1) is 9.95 Å². The van der Waals surface area contributed by atoms with Crippen molar-refractivity contribution in [1.29, 1.82) is 0 Å². The second kappa shape index (κ2) is 6.19. The van der Waals surface area contributed by atoms with Crippen molar-refractivity contribution in [3.63, 3.8) is 0 Å². The minimum Gasteiger partial charge on any atom is -0.446 e. The van der Waals surface area contributed by atoms with Crippen LogP contribution in [0.2, 0.25) is 5.02 Å². The molecule has 0 aromatic heterocycles. The van der Waals surface area contributed by atoms with Crippen LogP contribution >= 0.6 is 27.5 Å². The van der Waals surface area contributed by atoms with E-state index < -0.39 is 22.2 Å². The molecule has 0 atom stereocenters. The van der Waals surface area contributed by atoms with E-state index in [0.29, 0.717) is 5.33 Å². The highest BCUT2D eigenvalue weighted by atomic mass is 79.9. The number of para-hydroxylation sites is 1. The van der Waals surface area contributed by atoms with Gasteiger partial charge < -0.3 is 4.74 Å². The van der Waals surface area contributed by atoms with Crippen LogP contribution in [0.1, 0.15) is 5.56 Å². The Kier molecular flexibility index (Phi) is 4.57. The Morgan fingerprint density at radius 2 is 2.10 bits per heavy atom. The summed E-state index contributed by atoms with van der Waals surface area (Å²) in [5.41, 5.74) is 0.455. The fourth-order valence-electron chi connectivity index (χ4n) is 1.56. The summed E-state index contributed by atoms with van der Waals surface area (Å²) in [7, 11) is 0. The molecule has 4 nitrogen and oxygen atoms in total. The highest BCUT2D eigenvalue weighted by Crippen LogP contribution is 2.37. The van der Waals surface area contributed by atoms with Gasteiger partial charge in [0.25, 0.3) is 0 Å². The van der Waals surface area contributed by atoms with E-state index in [1.807, 2.05) is 0 Å². The van der Waals surface area contributed by atoms with Crippen LogP contribution in [0.15, 0.2) is 36.4 Å². The molecule has 0 aliphatic carbocycles. The molecule has 0 saturated heterocycles. The number of alkyl halides is 1. The maximum atomic E-state index is 13.7. The zero-order valence-electron chi connectivity index (χ0n) is 9.98. The van der Waals surface area contributed by atoms with Crippen molar-refractivity contribution >= 4 is 33.2 Å². The first-order chi connectivity index (χ1) is 9.52. The van der Waals surface area contributed by atoms with Crippen LogP contribution in [-0.2, 0) is 5.33 Å². The van der Waals surface area contributed by atoms with Crippen molar-refractivity contribution in [3.8, 4) is 11.5 Å². The topological polar surface area (TPSA) is 52.4 Å². The van der Waals surface area contributed by atoms with Crippen LogP contribution in [0.3, 0.4) is 0 Å². The van der Waals surface area contributed by atoms with Gasteiger partial charge in [0, 0.05) is 11.4 Å². The standard InChI is InChI=1S/C13H8BrClFNO3/c14-7-8-4-5-12(9(15)6-8)20-13-10(16)2-1-3-11(13)17(18)19/h1-6H,7H2. The number of hydrogen-bond acceptors (Lipinski definition) is 3. The van der Waals surface area contributed by atoms with E-state index in [0.717, 1.165) is 11.6 Å². The summed E-state index contributed by atoms with van der Waals surface area (Å²) in [6, 6.07) is 8.40. The first kappa shape index (κ1) is 14.7. The van der Waals surface area contributed by atoms with Gasteiger partial charge in [-0.25, -0.2) is 4.39 Å². The maximum Gasteiger partial charge on any atom is 0.314 e. The molecular formula is C13H8BrClFNO3. The Morgan fingerprint density at radius 1 is 1.35 bits per heavy atom. The minimum atomic E-state index is -0.820. The quantitative estimate of drug-likeness (QED) is 0.434. The van der Waals surface area contributed by atoms with Gasteiger partial charge in [0.15, 0.2) is 5.82 Å². The highest BCUT2D eigenvalue weighted by Gasteiger charge is 2.21. The Morgan fingerprint density at radius 3 is 2.70 bits per heavy atom. The van der Waals surface area contributed by atoms with Crippen molar-refractivity contribution in [2.75, 3.05) is 0 Å². The summed E-state index contributed by atoms with van der Waals surface area (Å²) < 4.78 is 19.0. The van der Waals surface area contributed by atoms with Crippen molar-refractivity contribution < 1.29 is 14.1 Å². The molecule has 20 heavy (non-hydrogen) atoms. The van der Waals surface area contributed by atoms with E-state index in [4.69, 9.17) is 16.3 Å². The first-order valence-electron chi connectivity index (χ1n) is 5.48. The number of halogens is 3. The first-order valence-corrected chi connectivity index (χ1v) is 6.98. The Balaban J connectivity index is 2.42. The molecule has 0 saturated carbocycles. The second-order valence-corrected chi connectivity index (χ2v) is 4.81. The van der Waals surface area contributed by atoms with Crippen molar-refractivity contribution in [1.82, 2.24) is 0 Å². The summed E-state index contributed by atoms with van der Waals surface area (Å²) in [5.74, 6) is -1.12. The lowest BCUT2D eigenvalue weighted by molar-refractivity contribution is -0.385. The lowest BCUT2D eigenvalue weighted by atomic mass is 10.2. The van der Waals surface area contributed by atoms with Gasteiger partial charge in [-0.3, -0.25) is 10.1 Å². The van der Waals surface area contributed by atoms with Crippen LogP contribution in [0.4, 0.5) is 10.1 Å². The molecule has 0 bridgehead atoms. The van der Waals surface area contributed by atoms with Crippen LogP contribution in [0.25, 0.3) is 0 Å². The van der Waals surface area contributed by atoms with E-state index in [2.05, 4.69) is 15.9 Å². The third-order valence-corrected chi connectivity index (χ3v) is 3.45. The molecule has 0 amide bonds. The third-order valence-electron chi connectivity index (χ3n) is 2.51. The lowest BCUT2D eigenvalue weighted by Crippen LogP contribution is -1.96. The largest absolute Gasteiger partial charge is 0.446 e. The van der Waals surface area contributed by atoms with Gasteiger partial charge in [0.2, 0.25) is 5.75 Å². The van der Waals surface area contributed by atoms with Crippen LogP contribution < -0.4 is 4.74 Å². The molecule has 0 aliphatic rings. The number of hydrogen-bond donors (Lipinski definition) is 0. The van der Waals surface area contributed by atoms with Gasteiger partial charge in [-0.2, -0.15) is 0 Å². The fraction of sp³-hybridized carbons (Fsp3) is 0.0769. The molecule has 0 fully saturated rings. The molecule has 0 spiro atoms. The number of rotatable bonds is 4. The second-order valence-electron chi connectivity index (χ2n) is 3.85. The number of ether oxygens (including phenoxy) is 1. The number of benzene rings is 2. The van der Waals surface area contributed by atoms with E-state index in [1.165, 1.54) is 18.2 Å². The predicted octanol–water partition coefficient (Wildman–Crippen LogP) is 5.07. The predicted molar refractivity (Wildman–Crippen MR) is 77.2 cm³/mol. The zero-order chi connectivity index (χ0) is 14.7. The SMILES string of the molecule is O=[N+]([O-])c1cccc(F)c1Oc1ccc(CBr)cc1Cl. The Labute approximate surface area is 127 Å². The van der Waals surface area contributed by atoms with Crippen LogP contribution in [0, 0.1) is 15.9 Å². The van der Waals surface area contributed by atoms with E-state index in [9.17, 15) is 14.5 Å². The van der Waals surface area contributed by atoms with Crippen molar-refractivity contribution in [2.24, 2.45) is 0 Å². The molecule has 0 N–H and O–H groups in total. The van der Waals surface area contributed by atoms with Gasteiger partial charge in [-0.15, -0.1) is 0 Å². The normalized spacial score (nSPS) is 10.3. The molecule has 0 aliphatic heterocycles. The molecule has 0 unspecified atom stereocenters. The Hall–Kier alpha value is -1.66. The van der Waals surface area contributed by atoms with E-state index in [1.54, 1.807) is 12.1 Å². The zero-order valence-corrected chi connectivity index (χ0v) is 12.3. The fourth-order valence-corrected chi connectivity index (χ4v) is 2.15. The minimum absolute atomic E-state index is 0.157. The highest BCUT2D eigenvalue weighted by molar-refractivity contribution is 9.08. The summed E-state index contributed by atoms with van der Waals surface area (Å²) in [6.45, 7) is 0. The van der Waals surface area contributed by atoms with Crippen molar-refractivity contribution in [3.05, 3.63) is 62.9 Å². The average Bonchev–Trinajstić information content (AvgIpc) is 2.42. The number of nitro groups is 1. The summed E-state index contributed by atoms with van der Waals surface area (Å²) in [5, 5.41) is 11.7. The Bertz CT molecular complexity index is 666. The number of nitrogens with zero attached hydrogens (tertiary/aromatic N) is 1. The smallest absolute Gasteiger partial charge is 0.314 e. The molecule has 7 heteroatoms. The van der Waals surface area contributed by atoms with Gasteiger partial charge in [-0.05, 0) is 23.8 Å². The maximum absolute atomic E-state index is 13.7. The molecule has 2 aromatic rings. The summed E-state index contributed by atoms with van der Waals surface area (Å²) in [6.07, 6.45) is 0. The molecule has 0 heterocycles. The molecule has 104 valence electrons. The monoisotopic (exact) mass is 359 g/mol. The van der Waals surface area contributed by atoms with Crippen molar-refractivity contribution in [2.45, 2.75) is 5.33 Å². The molecule has 0 radical (unpaired) electrons. The summed E-state index contributed by atoms with van der Waals surface area (Å²) in [4.78, 5) is 10.2. The molecule has 2 aromatic carbocycles. The van der Waals surface area contributed by atoms with E-state index >= 15 is 0 Å². The third kappa shape index (κ3) is 3.08. The van der Waals surface area contributed by atoms with Gasteiger partial charge in [0.1, 0.15) is 5.75 Å². The summed E-state index contributed by atoms with van der Waals surface area (Å²) >= 11 is 9.28. The van der Waals surface area contributed by atoms with Gasteiger partial charge in [-0.1, -0.05) is 39.7 Å².